The van der Waals surface area contributed by atoms with Crippen LogP contribution in [0.1, 0.15) is 45.4 Å². The van der Waals surface area contributed by atoms with Crippen molar-refractivity contribution >= 4 is 5.78 Å². The number of Topliss-reactive ketones (excluding diaryl/α,β-unsaturated/α-hetero) is 1. The number of hydrogen-bond donors (Lipinski definition) is 1. The van der Waals surface area contributed by atoms with Crippen molar-refractivity contribution < 1.29 is 14.6 Å². The number of carbonyl (C=O) groups is 1. The average molecular weight is 212 g/mol. The predicted octanol–water partition coefficient (Wildman–Crippen LogP) is 1.68. The molecule has 1 aliphatic heterocycles. The maximum atomic E-state index is 11.9. The van der Waals surface area contributed by atoms with Gasteiger partial charge in [0.05, 0.1) is 17.6 Å². The van der Waals surface area contributed by atoms with Crippen molar-refractivity contribution in [2.45, 2.75) is 57.7 Å². The summed E-state index contributed by atoms with van der Waals surface area (Å²) in [5.74, 6) is 0.219. The van der Waals surface area contributed by atoms with E-state index in [0.29, 0.717) is 6.42 Å². The Balaban J connectivity index is 2.08. The Kier molecular flexibility index (Phi) is 3.12. The Hall–Kier alpha value is -0.410. The van der Waals surface area contributed by atoms with Crippen LogP contribution in [0.4, 0.5) is 0 Å². The Morgan fingerprint density at radius 1 is 1.47 bits per heavy atom. The highest BCUT2D eigenvalue weighted by molar-refractivity contribution is 5.85. The van der Waals surface area contributed by atoms with Gasteiger partial charge in [0.25, 0.3) is 0 Å². The standard InChI is InChI=1S/C12H20O3/c1-12(7-3-2-6-10(12)13)11(14)9-5-4-8-15-9/h9,11,14H,2-8H2,1H3/t9-,11?,12+/m0/s1. The maximum absolute atomic E-state index is 11.9. The Labute approximate surface area is 90.8 Å². The van der Waals surface area contributed by atoms with E-state index in [2.05, 4.69) is 0 Å². The van der Waals surface area contributed by atoms with Gasteiger partial charge in [0.1, 0.15) is 5.78 Å². The van der Waals surface area contributed by atoms with Crippen molar-refractivity contribution in [1.29, 1.82) is 0 Å². The van der Waals surface area contributed by atoms with Gasteiger partial charge in [0.2, 0.25) is 0 Å². The van der Waals surface area contributed by atoms with Gasteiger partial charge in [-0.2, -0.15) is 0 Å². The number of aliphatic hydroxyl groups excluding tert-OH is 1. The number of carbonyl (C=O) groups excluding carboxylic acids is 1. The van der Waals surface area contributed by atoms with Gasteiger partial charge in [0.15, 0.2) is 0 Å². The van der Waals surface area contributed by atoms with E-state index in [1.807, 2.05) is 6.92 Å². The summed E-state index contributed by atoms with van der Waals surface area (Å²) in [5, 5.41) is 10.3. The third-order valence-electron chi connectivity index (χ3n) is 3.96. The molecule has 86 valence electrons. The van der Waals surface area contributed by atoms with Crippen LogP contribution in [0, 0.1) is 5.41 Å². The fourth-order valence-electron chi connectivity index (χ4n) is 2.78. The zero-order valence-electron chi connectivity index (χ0n) is 9.37. The van der Waals surface area contributed by atoms with Crippen molar-refractivity contribution in [3.8, 4) is 0 Å². The van der Waals surface area contributed by atoms with Crippen LogP contribution in [0.15, 0.2) is 0 Å². The molecular weight excluding hydrogens is 192 g/mol. The smallest absolute Gasteiger partial charge is 0.141 e. The zero-order valence-corrected chi connectivity index (χ0v) is 9.37. The van der Waals surface area contributed by atoms with E-state index < -0.39 is 11.5 Å². The lowest BCUT2D eigenvalue weighted by Crippen LogP contribution is -2.47. The molecule has 2 aliphatic rings. The molecule has 3 heteroatoms. The van der Waals surface area contributed by atoms with Gasteiger partial charge in [0, 0.05) is 13.0 Å². The van der Waals surface area contributed by atoms with Crippen molar-refractivity contribution in [3.05, 3.63) is 0 Å². The molecule has 15 heavy (non-hydrogen) atoms. The number of ether oxygens (including phenoxy) is 1. The summed E-state index contributed by atoms with van der Waals surface area (Å²) < 4.78 is 5.48. The maximum Gasteiger partial charge on any atom is 0.141 e. The first-order valence-corrected chi connectivity index (χ1v) is 5.97. The molecular formula is C12H20O3. The fraction of sp³-hybridized carbons (Fsp3) is 0.917. The highest BCUT2D eigenvalue weighted by Crippen LogP contribution is 2.39. The summed E-state index contributed by atoms with van der Waals surface area (Å²) in [6.45, 7) is 2.63. The number of aliphatic hydroxyl groups is 1. The third kappa shape index (κ3) is 1.95. The summed E-state index contributed by atoms with van der Waals surface area (Å²) in [5.41, 5.74) is -0.548. The molecule has 1 aliphatic carbocycles. The largest absolute Gasteiger partial charge is 0.389 e. The van der Waals surface area contributed by atoms with Crippen LogP contribution in [0.2, 0.25) is 0 Å². The van der Waals surface area contributed by atoms with Gasteiger partial charge in [-0.25, -0.2) is 0 Å². The Bertz CT molecular complexity index is 245. The Morgan fingerprint density at radius 2 is 2.27 bits per heavy atom. The highest BCUT2D eigenvalue weighted by Gasteiger charge is 2.45. The van der Waals surface area contributed by atoms with E-state index in [-0.39, 0.29) is 11.9 Å². The van der Waals surface area contributed by atoms with E-state index in [0.717, 1.165) is 38.7 Å². The zero-order chi connectivity index (χ0) is 10.9. The van der Waals surface area contributed by atoms with Gasteiger partial charge >= 0.3 is 0 Å². The van der Waals surface area contributed by atoms with Crippen LogP contribution < -0.4 is 0 Å². The lowest BCUT2D eigenvalue weighted by Gasteiger charge is -2.38. The lowest BCUT2D eigenvalue weighted by molar-refractivity contribution is -0.145. The molecule has 1 heterocycles. The quantitative estimate of drug-likeness (QED) is 0.757. The highest BCUT2D eigenvalue weighted by atomic mass is 16.5. The minimum Gasteiger partial charge on any atom is -0.389 e. The predicted molar refractivity (Wildman–Crippen MR) is 56.6 cm³/mol. The number of hydrogen-bond acceptors (Lipinski definition) is 3. The first-order valence-electron chi connectivity index (χ1n) is 5.97. The minimum absolute atomic E-state index is 0.114. The van der Waals surface area contributed by atoms with E-state index in [1.165, 1.54) is 0 Å². The molecule has 0 amide bonds. The number of rotatable bonds is 2. The molecule has 2 rings (SSSR count). The summed E-state index contributed by atoms with van der Waals surface area (Å²) in [7, 11) is 0. The van der Waals surface area contributed by atoms with Crippen LogP contribution in [0.5, 0.6) is 0 Å². The normalized spacial score (nSPS) is 39.3. The molecule has 0 aromatic carbocycles. The molecule has 1 saturated carbocycles. The average Bonchev–Trinajstić information content (AvgIpc) is 2.74. The van der Waals surface area contributed by atoms with Crippen molar-refractivity contribution in [1.82, 2.24) is 0 Å². The minimum atomic E-state index is -0.604. The monoisotopic (exact) mass is 212 g/mol. The van der Waals surface area contributed by atoms with Crippen LogP contribution in [0.3, 0.4) is 0 Å². The summed E-state index contributed by atoms with van der Waals surface area (Å²) in [6.07, 6.45) is 4.65. The van der Waals surface area contributed by atoms with Crippen molar-refractivity contribution in [3.63, 3.8) is 0 Å². The molecule has 1 unspecified atom stereocenters. The van der Waals surface area contributed by atoms with Gasteiger partial charge in [-0.15, -0.1) is 0 Å². The molecule has 0 radical (unpaired) electrons. The summed E-state index contributed by atoms with van der Waals surface area (Å²) in [4.78, 5) is 11.9. The molecule has 1 saturated heterocycles. The van der Waals surface area contributed by atoms with Gasteiger partial charge < -0.3 is 9.84 Å². The van der Waals surface area contributed by atoms with Crippen LogP contribution >= 0.6 is 0 Å². The van der Waals surface area contributed by atoms with E-state index in [4.69, 9.17) is 4.74 Å². The second-order valence-corrected chi connectivity index (χ2v) is 5.04. The van der Waals surface area contributed by atoms with E-state index in [1.54, 1.807) is 0 Å². The SMILES string of the molecule is C[C@@]1(C(O)[C@@H]2CCCO2)CCCCC1=O. The molecule has 0 spiro atoms. The first kappa shape index (κ1) is 11.1. The third-order valence-corrected chi connectivity index (χ3v) is 3.96. The summed E-state index contributed by atoms with van der Waals surface area (Å²) >= 11 is 0. The van der Waals surface area contributed by atoms with Crippen LogP contribution in [-0.2, 0) is 9.53 Å². The van der Waals surface area contributed by atoms with Crippen molar-refractivity contribution in [2.75, 3.05) is 6.61 Å². The second-order valence-electron chi connectivity index (χ2n) is 5.04. The molecule has 3 atom stereocenters. The first-order chi connectivity index (χ1) is 7.14. The van der Waals surface area contributed by atoms with Gasteiger partial charge in [-0.1, -0.05) is 13.3 Å². The van der Waals surface area contributed by atoms with E-state index in [9.17, 15) is 9.90 Å². The summed E-state index contributed by atoms with van der Waals surface area (Å²) in [6, 6.07) is 0. The molecule has 0 aromatic rings. The van der Waals surface area contributed by atoms with E-state index >= 15 is 0 Å². The molecule has 2 fully saturated rings. The Morgan fingerprint density at radius 3 is 2.87 bits per heavy atom. The fourth-order valence-corrected chi connectivity index (χ4v) is 2.78. The molecule has 1 N–H and O–H groups in total. The van der Waals surface area contributed by atoms with Crippen LogP contribution in [-0.4, -0.2) is 29.7 Å². The lowest BCUT2D eigenvalue weighted by atomic mass is 9.69. The molecule has 3 nitrogen and oxygen atoms in total. The second kappa shape index (κ2) is 4.22. The van der Waals surface area contributed by atoms with Gasteiger partial charge in [-0.05, 0) is 25.7 Å². The molecule has 0 aromatic heterocycles. The molecule has 0 bridgehead atoms. The van der Waals surface area contributed by atoms with Crippen LogP contribution in [0.25, 0.3) is 0 Å². The number of ketones is 1. The van der Waals surface area contributed by atoms with Crippen molar-refractivity contribution in [2.24, 2.45) is 5.41 Å². The topological polar surface area (TPSA) is 46.5 Å². The van der Waals surface area contributed by atoms with Gasteiger partial charge in [-0.3, -0.25) is 4.79 Å².